The second-order valence-corrected chi connectivity index (χ2v) is 7.04. The van der Waals surface area contributed by atoms with E-state index < -0.39 is 0 Å². The van der Waals surface area contributed by atoms with Crippen LogP contribution in [0.5, 0.6) is 11.7 Å². The van der Waals surface area contributed by atoms with Gasteiger partial charge in [0, 0.05) is 32.0 Å². The summed E-state index contributed by atoms with van der Waals surface area (Å²) in [4.78, 5) is 26.1. The Balaban J connectivity index is 1.40. The number of ether oxygens (including phenoxy) is 1. The molecule has 2 amide bonds. The average Bonchev–Trinajstić information content (AvgIpc) is 3.21. The highest BCUT2D eigenvalue weighted by molar-refractivity contribution is 5.92. The van der Waals surface area contributed by atoms with Crippen LogP contribution in [0.4, 0.5) is 0 Å². The quantitative estimate of drug-likeness (QED) is 0.896. The number of hydrogen-bond acceptors (Lipinski definition) is 4. The van der Waals surface area contributed by atoms with Crippen molar-refractivity contribution in [2.75, 3.05) is 13.1 Å². The van der Waals surface area contributed by atoms with Crippen molar-refractivity contribution in [3.63, 3.8) is 0 Å². The Kier molecular flexibility index (Phi) is 4.41. The van der Waals surface area contributed by atoms with Crippen molar-refractivity contribution in [2.45, 2.75) is 25.8 Å². The third-order valence-corrected chi connectivity index (χ3v) is 5.12. The first kappa shape index (κ1) is 16.7. The van der Waals surface area contributed by atoms with Crippen molar-refractivity contribution in [3.05, 3.63) is 48.2 Å². The standard InChI is InChI=1S/C20H22N2O4/c1-13(23)22-11-16(14-7-8-14)17(12-22)21-20(24)18-9-10-19(26-18)25-15-5-3-2-4-6-15/h2-6,9-10,14,16-17H,7-8,11-12H2,1H3,(H,21,24)/t16-,17+/m0/s1. The number of nitrogens with zero attached hydrogens (tertiary/aromatic N) is 1. The first-order valence-corrected chi connectivity index (χ1v) is 8.99. The van der Waals surface area contributed by atoms with E-state index in [-0.39, 0.29) is 29.6 Å². The fourth-order valence-corrected chi connectivity index (χ4v) is 3.58. The van der Waals surface area contributed by atoms with E-state index in [2.05, 4.69) is 5.32 Å². The van der Waals surface area contributed by atoms with Crippen LogP contribution in [0.3, 0.4) is 0 Å². The van der Waals surface area contributed by atoms with E-state index in [9.17, 15) is 9.59 Å². The summed E-state index contributed by atoms with van der Waals surface area (Å²) in [6, 6.07) is 12.5. The minimum Gasteiger partial charge on any atom is -0.426 e. The number of para-hydroxylation sites is 1. The number of rotatable bonds is 5. The topological polar surface area (TPSA) is 71.8 Å². The van der Waals surface area contributed by atoms with E-state index in [0.717, 1.165) is 6.54 Å². The first-order valence-electron chi connectivity index (χ1n) is 8.99. The number of benzene rings is 1. The molecule has 0 radical (unpaired) electrons. The average molecular weight is 354 g/mol. The zero-order valence-corrected chi connectivity index (χ0v) is 14.7. The largest absolute Gasteiger partial charge is 0.426 e. The minimum atomic E-state index is -0.269. The maximum Gasteiger partial charge on any atom is 0.290 e. The molecule has 1 N–H and O–H groups in total. The van der Waals surface area contributed by atoms with Crippen LogP contribution in [0.1, 0.15) is 30.3 Å². The van der Waals surface area contributed by atoms with Crippen LogP contribution in [0.2, 0.25) is 0 Å². The highest BCUT2D eigenvalue weighted by Crippen LogP contribution is 2.41. The molecule has 2 aliphatic rings. The lowest BCUT2D eigenvalue weighted by Crippen LogP contribution is -2.41. The van der Waals surface area contributed by atoms with E-state index >= 15 is 0 Å². The SMILES string of the molecule is CC(=O)N1C[C@@H](NC(=O)c2ccc(Oc3ccccc3)o2)[C@H](C2CC2)C1. The lowest BCUT2D eigenvalue weighted by atomic mass is 9.98. The smallest absolute Gasteiger partial charge is 0.290 e. The summed E-state index contributed by atoms with van der Waals surface area (Å²) >= 11 is 0. The third-order valence-electron chi connectivity index (χ3n) is 5.12. The molecular weight excluding hydrogens is 332 g/mol. The van der Waals surface area contributed by atoms with Crippen LogP contribution >= 0.6 is 0 Å². The zero-order valence-electron chi connectivity index (χ0n) is 14.7. The molecule has 136 valence electrons. The highest BCUT2D eigenvalue weighted by Gasteiger charge is 2.44. The number of furan rings is 1. The molecule has 4 rings (SSSR count). The summed E-state index contributed by atoms with van der Waals surface area (Å²) in [6.07, 6.45) is 2.36. The number of carbonyl (C=O) groups excluding carboxylic acids is 2. The maximum absolute atomic E-state index is 12.6. The summed E-state index contributed by atoms with van der Waals surface area (Å²) in [5.41, 5.74) is 0. The van der Waals surface area contributed by atoms with Gasteiger partial charge in [0.2, 0.25) is 5.91 Å². The van der Waals surface area contributed by atoms with E-state index in [1.165, 1.54) is 12.8 Å². The van der Waals surface area contributed by atoms with Gasteiger partial charge in [-0.25, -0.2) is 0 Å². The van der Waals surface area contributed by atoms with Crippen molar-refractivity contribution < 1.29 is 18.7 Å². The Hall–Kier alpha value is -2.76. The molecule has 1 saturated heterocycles. The molecule has 1 aromatic heterocycles. The molecule has 1 aliphatic carbocycles. The fraction of sp³-hybridized carbons (Fsp3) is 0.400. The normalized spacial score (nSPS) is 22.3. The maximum atomic E-state index is 12.6. The summed E-state index contributed by atoms with van der Waals surface area (Å²) in [7, 11) is 0. The number of likely N-dealkylation sites (tertiary alicyclic amines) is 1. The van der Waals surface area contributed by atoms with E-state index in [4.69, 9.17) is 9.15 Å². The molecule has 0 unspecified atom stereocenters. The van der Waals surface area contributed by atoms with E-state index in [1.54, 1.807) is 19.1 Å². The number of hydrogen-bond donors (Lipinski definition) is 1. The summed E-state index contributed by atoms with van der Waals surface area (Å²) in [6.45, 7) is 2.87. The molecule has 1 aromatic carbocycles. The van der Waals surface area contributed by atoms with Crippen molar-refractivity contribution >= 4 is 11.8 Å². The Labute approximate surface area is 152 Å². The van der Waals surface area contributed by atoms with Gasteiger partial charge < -0.3 is 19.4 Å². The third kappa shape index (κ3) is 3.59. The Bertz CT molecular complexity index is 797. The molecule has 0 bridgehead atoms. The Morgan fingerprint density at radius 2 is 1.88 bits per heavy atom. The molecule has 2 fully saturated rings. The fourth-order valence-electron chi connectivity index (χ4n) is 3.58. The van der Waals surface area contributed by atoms with Crippen LogP contribution in [-0.4, -0.2) is 35.8 Å². The highest BCUT2D eigenvalue weighted by atomic mass is 16.6. The monoisotopic (exact) mass is 354 g/mol. The van der Waals surface area contributed by atoms with Gasteiger partial charge in [-0.15, -0.1) is 0 Å². The van der Waals surface area contributed by atoms with Crippen LogP contribution in [0, 0.1) is 11.8 Å². The second kappa shape index (κ2) is 6.86. The summed E-state index contributed by atoms with van der Waals surface area (Å²) in [5, 5.41) is 3.05. The predicted octanol–water partition coefficient (Wildman–Crippen LogP) is 3.06. The van der Waals surface area contributed by atoms with Crippen LogP contribution in [0.15, 0.2) is 46.9 Å². The lowest BCUT2D eigenvalue weighted by molar-refractivity contribution is -0.128. The van der Waals surface area contributed by atoms with Crippen molar-refractivity contribution in [3.8, 4) is 11.7 Å². The van der Waals surface area contributed by atoms with E-state index in [0.29, 0.717) is 24.1 Å². The lowest BCUT2D eigenvalue weighted by Gasteiger charge is -2.18. The Morgan fingerprint density at radius 1 is 1.12 bits per heavy atom. The molecule has 1 aliphatic heterocycles. The van der Waals surface area contributed by atoms with Crippen molar-refractivity contribution in [1.82, 2.24) is 10.2 Å². The molecule has 6 nitrogen and oxygen atoms in total. The van der Waals surface area contributed by atoms with Gasteiger partial charge in [-0.1, -0.05) is 18.2 Å². The van der Waals surface area contributed by atoms with Gasteiger partial charge in [-0.2, -0.15) is 0 Å². The minimum absolute atomic E-state index is 0.0255. The number of amides is 2. The van der Waals surface area contributed by atoms with Crippen LogP contribution < -0.4 is 10.1 Å². The van der Waals surface area contributed by atoms with Gasteiger partial charge >= 0.3 is 0 Å². The zero-order chi connectivity index (χ0) is 18.1. The van der Waals surface area contributed by atoms with Crippen LogP contribution in [-0.2, 0) is 4.79 Å². The molecule has 1 saturated carbocycles. The summed E-state index contributed by atoms with van der Waals surface area (Å²) < 4.78 is 11.1. The van der Waals surface area contributed by atoms with Gasteiger partial charge in [0.15, 0.2) is 5.76 Å². The van der Waals surface area contributed by atoms with Crippen LogP contribution in [0.25, 0.3) is 0 Å². The van der Waals surface area contributed by atoms with Crippen molar-refractivity contribution in [1.29, 1.82) is 0 Å². The number of carbonyl (C=O) groups is 2. The number of nitrogens with one attached hydrogen (secondary N) is 1. The van der Waals surface area contributed by atoms with Gasteiger partial charge in [0.25, 0.3) is 11.9 Å². The Morgan fingerprint density at radius 3 is 2.58 bits per heavy atom. The summed E-state index contributed by atoms with van der Waals surface area (Å²) in [5.74, 6) is 1.87. The van der Waals surface area contributed by atoms with Gasteiger partial charge in [-0.3, -0.25) is 9.59 Å². The molecule has 26 heavy (non-hydrogen) atoms. The van der Waals surface area contributed by atoms with E-state index in [1.807, 2.05) is 35.2 Å². The second-order valence-electron chi connectivity index (χ2n) is 7.04. The molecule has 2 aromatic rings. The molecule has 2 heterocycles. The van der Waals surface area contributed by atoms with Gasteiger partial charge in [0.05, 0.1) is 6.04 Å². The van der Waals surface area contributed by atoms with Gasteiger partial charge in [0.1, 0.15) is 5.75 Å². The molecule has 0 spiro atoms. The first-order chi connectivity index (χ1) is 12.6. The molecule has 6 heteroatoms. The predicted molar refractivity (Wildman–Crippen MR) is 94.9 cm³/mol. The molecule has 2 atom stereocenters. The van der Waals surface area contributed by atoms with Gasteiger partial charge in [-0.05, 0) is 37.0 Å². The van der Waals surface area contributed by atoms with Crippen molar-refractivity contribution in [2.24, 2.45) is 11.8 Å². The molecular formula is C20H22N2O4.